The quantitative estimate of drug-likeness (QED) is 0.0655. The summed E-state index contributed by atoms with van der Waals surface area (Å²) in [6, 6.07) is 0. The highest BCUT2D eigenvalue weighted by Gasteiger charge is 1.97. The van der Waals surface area contributed by atoms with Crippen LogP contribution in [0.5, 0.6) is 0 Å². The van der Waals surface area contributed by atoms with E-state index in [0.29, 0.717) is 0 Å². The number of unbranched alkanes of at least 4 members (excludes halogenated alkanes) is 26. The van der Waals surface area contributed by atoms with Gasteiger partial charge in [0.25, 0.3) is 0 Å². The Labute approximate surface area is 262 Å². The molecule has 3 heteroatoms. The van der Waals surface area contributed by atoms with Crippen molar-refractivity contribution in [2.75, 3.05) is 34.5 Å². The lowest BCUT2D eigenvalue weighted by Gasteiger charge is -2.05. The van der Waals surface area contributed by atoms with Gasteiger partial charge in [-0.1, -0.05) is 181 Å². The van der Waals surface area contributed by atoms with Crippen molar-refractivity contribution in [1.29, 1.82) is 0 Å². The van der Waals surface area contributed by atoms with Gasteiger partial charge in [0.1, 0.15) is 0 Å². The summed E-state index contributed by atoms with van der Waals surface area (Å²) in [4.78, 5) is 0. The fourth-order valence-corrected chi connectivity index (χ4v) is 8.65. The molecule has 0 aromatic rings. The lowest BCUT2D eigenvalue weighted by atomic mass is 10.0. The zero-order valence-corrected chi connectivity index (χ0v) is 29.7. The summed E-state index contributed by atoms with van der Waals surface area (Å²) in [6.45, 7) is 4.61. The summed E-state index contributed by atoms with van der Waals surface area (Å²) in [6.07, 6.45) is 41.0. The average Bonchev–Trinajstić information content (AvgIpc) is 2.95. The van der Waals surface area contributed by atoms with Crippen molar-refractivity contribution >= 4 is 35.3 Å². The number of hydrogen-bond donors (Lipinski definition) is 0. The second kappa shape index (κ2) is 39.0. The third kappa shape index (κ3) is 39.0. The Hall–Kier alpha value is 1.05. The first kappa shape index (κ1) is 40.1. The van der Waals surface area contributed by atoms with Gasteiger partial charge in [-0.05, 0) is 24.3 Å². The molecule has 0 heterocycles. The fourth-order valence-electron chi connectivity index (χ4n) is 5.34. The minimum absolute atomic E-state index is 1.36. The summed E-state index contributed by atoms with van der Waals surface area (Å²) in [5.74, 6) is 8.25. The minimum atomic E-state index is 1.36. The molecule has 0 N–H and O–H groups in total. The van der Waals surface area contributed by atoms with Crippen molar-refractivity contribution < 1.29 is 0 Å². The molecule has 0 aliphatic heterocycles. The topological polar surface area (TPSA) is 0 Å². The Balaban J connectivity index is 3.01. The molecule has 0 unspecified atom stereocenters. The van der Waals surface area contributed by atoms with E-state index >= 15 is 0 Å². The van der Waals surface area contributed by atoms with Gasteiger partial charge in [-0.2, -0.15) is 35.3 Å². The maximum atomic E-state index is 2.31. The molecule has 0 saturated heterocycles. The van der Waals surface area contributed by atoms with E-state index in [1.807, 2.05) is 0 Å². The first-order chi connectivity index (χ1) is 19.4. The lowest BCUT2D eigenvalue weighted by Crippen LogP contribution is -1.92. The highest BCUT2D eigenvalue weighted by Crippen LogP contribution is 2.17. The van der Waals surface area contributed by atoms with Crippen LogP contribution < -0.4 is 0 Å². The van der Waals surface area contributed by atoms with Crippen LogP contribution in [0.15, 0.2) is 0 Å². The van der Waals surface area contributed by atoms with Gasteiger partial charge >= 0.3 is 0 Å². The second-order valence-corrected chi connectivity index (χ2v) is 15.7. The van der Waals surface area contributed by atoms with Crippen LogP contribution >= 0.6 is 35.3 Å². The van der Waals surface area contributed by atoms with E-state index in [2.05, 4.69) is 49.1 Å². The molecule has 0 aromatic carbocycles. The maximum absolute atomic E-state index is 2.31. The van der Waals surface area contributed by atoms with Gasteiger partial charge in [-0.25, -0.2) is 0 Å². The third-order valence-corrected chi connectivity index (χ3v) is 11.7. The smallest absolute Gasteiger partial charge is 0.00238 e. The lowest BCUT2D eigenvalue weighted by molar-refractivity contribution is 0.538. The molecule has 0 aliphatic carbocycles. The van der Waals surface area contributed by atoms with Crippen molar-refractivity contribution in [1.82, 2.24) is 0 Å². The SMILES string of the molecule is CCCCCCCCCCCCCCCCSCCSCCSCCCCCCCCCCCCCCCC. The molecule has 0 bridgehead atoms. The molecule has 0 rings (SSSR count). The van der Waals surface area contributed by atoms with E-state index < -0.39 is 0 Å². The summed E-state index contributed by atoms with van der Waals surface area (Å²) in [5, 5.41) is 0. The standard InChI is InChI=1S/C36H74S3/c1-3-5-7-9-11-13-15-17-19-21-23-25-27-29-31-37-33-35-39-36-34-38-32-30-28-26-24-22-20-18-16-14-12-10-8-6-4-2/h3-36H2,1-2H3. The van der Waals surface area contributed by atoms with Gasteiger partial charge in [0, 0.05) is 23.0 Å². The first-order valence-corrected chi connectivity index (χ1v) is 21.6. The zero-order valence-electron chi connectivity index (χ0n) is 27.3. The van der Waals surface area contributed by atoms with E-state index in [-0.39, 0.29) is 0 Å². The fraction of sp³-hybridized carbons (Fsp3) is 1.00. The number of thioether (sulfide) groups is 3. The van der Waals surface area contributed by atoms with Crippen molar-refractivity contribution in [3.05, 3.63) is 0 Å². The average molecular weight is 603 g/mol. The normalized spacial score (nSPS) is 11.5. The van der Waals surface area contributed by atoms with Crippen LogP contribution in [0.1, 0.15) is 194 Å². The van der Waals surface area contributed by atoms with Gasteiger partial charge in [-0.3, -0.25) is 0 Å². The minimum Gasteiger partial charge on any atom is -0.161 e. The molecule has 39 heavy (non-hydrogen) atoms. The summed E-state index contributed by atoms with van der Waals surface area (Å²) >= 11 is 6.59. The van der Waals surface area contributed by atoms with Crippen LogP contribution in [-0.4, -0.2) is 34.5 Å². The molecule has 0 aromatic heterocycles. The van der Waals surface area contributed by atoms with E-state index in [0.717, 1.165) is 0 Å². The van der Waals surface area contributed by atoms with Crippen molar-refractivity contribution in [2.24, 2.45) is 0 Å². The van der Waals surface area contributed by atoms with Crippen LogP contribution in [0.4, 0.5) is 0 Å². The van der Waals surface area contributed by atoms with E-state index in [1.54, 1.807) is 0 Å². The summed E-state index contributed by atoms with van der Waals surface area (Å²) in [5.41, 5.74) is 0. The largest absolute Gasteiger partial charge is 0.161 e. The number of hydrogen-bond acceptors (Lipinski definition) is 3. The third-order valence-electron chi connectivity index (χ3n) is 8.03. The van der Waals surface area contributed by atoms with Crippen molar-refractivity contribution in [3.8, 4) is 0 Å². The molecule has 0 aliphatic rings. The first-order valence-electron chi connectivity index (χ1n) is 18.1. The van der Waals surface area contributed by atoms with Crippen molar-refractivity contribution in [2.45, 2.75) is 194 Å². The van der Waals surface area contributed by atoms with Gasteiger partial charge in [0.15, 0.2) is 0 Å². The summed E-state index contributed by atoms with van der Waals surface area (Å²) < 4.78 is 0. The second-order valence-electron chi connectivity index (χ2n) is 12.0. The predicted molar refractivity (Wildman–Crippen MR) is 193 cm³/mol. The predicted octanol–water partition coefficient (Wildman–Crippen LogP) is 14.1. The van der Waals surface area contributed by atoms with Gasteiger partial charge in [0.05, 0.1) is 0 Å². The molecule has 0 spiro atoms. The van der Waals surface area contributed by atoms with Gasteiger partial charge < -0.3 is 0 Å². The molecule has 0 saturated carbocycles. The van der Waals surface area contributed by atoms with Crippen LogP contribution in [0.2, 0.25) is 0 Å². The zero-order chi connectivity index (χ0) is 28.2. The molecule has 0 amide bonds. The maximum Gasteiger partial charge on any atom is 0.00238 e. The summed E-state index contributed by atoms with van der Waals surface area (Å²) in [7, 11) is 0. The van der Waals surface area contributed by atoms with E-state index in [9.17, 15) is 0 Å². The highest BCUT2D eigenvalue weighted by atomic mass is 32.2. The Bertz CT molecular complexity index is 365. The molecule has 0 fully saturated rings. The van der Waals surface area contributed by atoms with E-state index in [1.165, 1.54) is 214 Å². The van der Waals surface area contributed by atoms with Gasteiger partial charge in [-0.15, -0.1) is 0 Å². The van der Waals surface area contributed by atoms with Crippen molar-refractivity contribution in [3.63, 3.8) is 0 Å². The van der Waals surface area contributed by atoms with Crippen LogP contribution in [0, 0.1) is 0 Å². The molecule has 0 radical (unpaired) electrons. The molecular weight excluding hydrogens is 529 g/mol. The van der Waals surface area contributed by atoms with Crippen LogP contribution in [0.3, 0.4) is 0 Å². The highest BCUT2D eigenvalue weighted by molar-refractivity contribution is 8.04. The Morgan fingerprint density at radius 1 is 0.205 bits per heavy atom. The Morgan fingerprint density at radius 2 is 0.385 bits per heavy atom. The van der Waals surface area contributed by atoms with E-state index in [4.69, 9.17) is 0 Å². The van der Waals surface area contributed by atoms with Gasteiger partial charge in [0.2, 0.25) is 0 Å². The number of rotatable bonds is 36. The molecule has 236 valence electrons. The molecule has 0 nitrogen and oxygen atoms in total. The Morgan fingerprint density at radius 3 is 0.615 bits per heavy atom. The monoisotopic (exact) mass is 602 g/mol. The van der Waals surface area contributed by atoms with Crippen LogP contribution in [-0.2, 0) is 0 Å². The molecular formula is C36H74S3. The molecule has 0 atom stereocenters. The van der Waals surface area contributed by atoms with Crippen LogP contribution in [0.25, 0.3) is 0 Å². The Kier molecular flexibility index (Phi) is 40.1.